The van der Waals surface area contributed by atoms with Gasteiger partial charge in [-0.25, -0.2) is 9.59 Å². The van der Waals surface area contributed by atoms with Crippen molar-refractivity contribution < 1.29 is 59.3 Å². The van der Waals surface area contributed by atoms with Gasteiger partial charge in [0.1, 0.15) is 11.5 Å². The number of nitrogen functional groups attached to an aromatic ring is 2. The highest BCUT2D eigenvalue weighted by Crippen LogP contribution is 2.39. The third-order valence-electron chi connectivity index (χ3n) is 6.78. The van der Waals surface area contributed by atoms with Crippen LogP contribution in [0.3, 0.4) is 0 Å². The standard InChI is InChI=1S/C34H35F7N2O6/c35-32(36,34(39,40)41)16-5-19-46-28-13-9-25(10-14-28)33(37,38)49-29-11-6-23(7-12-29)8-15-30(44)47-17-3-1-2-4-18-48-31(45)24-20-26(42)22-27(43)21-24/h6-15,20-22H,1-5,16-19,42-43H2. The Labute approximate surface area is 277 Å². The van der Waals surface area contributed by atoms with Crippen LogP contribution < -0.4 is 20.9 Å². The van der Waals surface area contributed by atoms with E-state index in [1.54, 1.807) is 0 Å². The molecule has 0 aliphatic heterocycles. The quantitative estimate of drug-likeness (QED) is 0.0447. The number of esters is 2. The van der Waals surface area contributed by atoms with Crippen LogP contribution in [0, 0.1) is 0 Å². The summed E-state index contributed by atoms with van der Waals surface area (Å²) in [5.41, 5.74) is 12.3. The van der Waals surface area contributed by atoms with Crippen LogP contribution >= 0.6 is 0 Å². The molecule has 0 bridgehead atoms. The zero-order chi connectivity index (χ0) is 36.1. The molecule has 266 valence electrons. The Morgan fingerprint density at radius 2 is 1.24 bits per heavy atom. The zero-order valence-electron chi connectivity index (χ0n) is 26.1. The highest BCUT2D eigenvalue weighted by Gasteiger charge is 2.56. The molecule has 0 radical (unpaired) electrons. The van der Waals surface area contributed by atoms with Crippen LogP contribution in [-0.4, -0.2) is 43.9 Å². The minimum Gasteiger partial charge on any atom is -0.494 e. The highest BCUT2D eigenvalue weighted by atomic mass is 19.4. The van der Waals surface area contributed by atoms with Crippen molar-refractivity contribution in [3.63, 3.8) is 0 Å². The van der Waals surface area contributed by atoms with Gasteiger partial charge < -0.3 is 30.4 Å². The molecule has 0 amide bonds. The summed E-state index contributed by atoms with van der Waals surface area (Å²) in [5, 5.41) is 0. The Morgan fingerprint density at radius 3 is 1.84 bits per heavy atom. The summed E-state index contributed by atoms with van der Waals surface area (Å²) >= 11 is 0. The van der Waals surface area contributed by atoms with Crippen LogP contribution in [0.25, 0.3) is 6.08 Å². The van der Waals surface area contributed by atoms with Crippen molar-refractivity contribution in [2.45, 2.75) is 56.7 Å². The van der Waals surface area contributed by atoms with Gasteiger partial charge >= 0.3 is 30.1 Å². The van der Waals surface area contributed by atoms with Gasteiger partial charge in [0.15, 0.2) is 0 Å². The summed E-state index contributed by atoms with van der Waals surface area (Å²) < 4.78 is 112. The molecule has 0 aliphatic carbocycles. The van der Waals surface area contributed by atoms with Crippen LogP contribution in [0.1, 0.15) is 60.0 Å². The Hall–Kier alpha value is -4.95. The molecule has 8 nitrogen and oxygen atoms in total. The molecule has 0 heterocycles. The van der Waals surface area contributed by atoms with Gasteiger partial charge in [0, 0.05) is 23.9 Å². The maximum absolute atomic E-state index is 14.7. The van der Waals surface area contributed by atoms with Gasteiger partial charge in [0.2, 0.25) is 0 Å². The van der Waals surface area contributed by atoms with Crippen molar-refractivity contribution >= 4 is 29.4 Å². The number of rotatable bonds is 18. The van der Waals surface area contributed by atoms with E-state index in [4.69, 9.17) is 30.4 Å². The molecule has 3 aromatic carbocycles. The van der Waals surface area contributed by atoms with Gasteiger partial charge in [-0.1, -0.05) is 12.1 Å². The SMILES string of the molecule is Nc1cc(N)cc(C(=O)OCCCCCCOC(=O)C=Cc2ccc(OC(F)(F)c3ccc(OCCCC(F)(F)C(F)(F)F)cc3)cc2)c1. The summed E-state index contributed by atoms with van der Waals surface area (Å²) in [6.45, 7) is -0.0694. The molecule has 49 heavy (non-hydrogen) atoms. The molecule has 4 N–H and O–H groups in total. The second-order valence-corrected chi connectivity index (χ2v) is 10.8. The third-order valence-corrected chi connectivity index (χ3v) is 6.78. The highest BCUT2D eigenvalue weighted by molar-refractivity contribution is 5.91. The number of nitrogens with two attached hydrogens (primary N) is 2. The van der Waals surface area contributed by atoms with Crippen LogP contribution in [0.15, 0.2) is 72.8 Å². The van der Waals surface area contributed by atoms with Gasteiger partial charge in [-0.3, -0.25) is 0 Å². The molecule has 0 saturated carbocycles. The average molecular weight is 701 g/mol. The first-order valence-corrected chi connectivity index (χ1v) is 15.1. The van der Waals surface area contributed by atoms with Crippen LogP contribution in [0.5, 0.6) is 11.5 Å². The normalized spacial score (nSPS) is 12.1. The van der Waals surface area contributed by atoms with E-state index in [-0.39, 0.29) is 30.3 Å². The van der Waals surface area contributed by atoms with E-state index in [9.17, 15) is 40.3 Å². The van der Waals surface area contributed by atoms with E-state index in [0.29, 0.717) is 29.8 Å². The van der Waals surface area contributed by atoms with Gasteiger partial charge in [-0.2, -0.15) is 30.7 Å². The fourth-order valence-corrected chi connectivity index (χ4v) is 4.21. The van der Waals surface area contributed by atoms with Crippen LogP contribution in [0.4, 0.5) is 42.1 Å². The largest absolute Gasteiger partial charge is 0.494 e. The first-order chi connectivity index (χ1) is 23.1. The van der Waals surface area contributed by atoms with Crippen molar-refractivity contribution in [1.29, 1.82) is 0 Å². The van der Waals surface area contributed by atoms with Crippen LogP contribution in [-0.2, 0) is 20.4 Å². The van der Waals surface area contributed by atoms with Gasteiger partial charge in [0.25, 0.3) is 0 Å². The molecule has 0 saturated heterocycles. The number of alkyl halides is 7. The summed E-state index contributed by atoms with van der Waals surface area (Å²) in [5.74, 6) is -6.13. The fourth-order valence-electron chi connectivity index (χ4n) is 4.21. The molecule has 0 unspecified atom stereocenters. The first kappa shape index (κ1) is 38.5. The lowest BCUT2D eigenvalue weighted by molar-refractivity contribution is -0.284. The number of halogens is 7. The minimum atomic E-state index is -5.66. The molecule has 0 aromatic heterocycles. The van der Waals surface area contributed by atoms with Gasteiger partial charge in [0.05, 0.1) is 30.9 Å². The zero-order valence-corrected chi connectivity index (χ0v) is 26.1. The molecule has 3 aromatic rings. The number of carbonyl (C=O) groups is 2. The molecular formula is C34H35F7N2O6. The van der Waals surface area contributed by atoms with E-state index < -0.39 is 55.2 Å². The third kappa shape index (κ3) is 12.9. The van der Waals surface area contributed by atoms with Crippen molar-refractivity contribution in [2.24, 2.45) is 0 Å². The summed E-state index contributed by atoms with van der Waals surface area (Å²) in [4.78, 5) is 24.1. The maximum atomic E-state index is 14.7. The Morgan fingerprint density at radius 1 is 0.673 bits per heavy atom. The van der Waals surface area contributed by atoms with Crippen molar-refractivity contribution in [3.8, 4) is 11.5 Å². The van der Waals surface area contributed by atoms with E-state index in [1.807, 2.05) is 0 Å². The number of benzene rings is 3. The number of carbonyl (C=O) groups excluding carboxylic acids is 2. The molecule has 0 aliphatic rings. The maximum Gasteiger partial charge on any atom is 0.453 e. The first-order valence-electron chi connectivity index (χ1n) is 15.1. The molecular weight excluding hydrogens is 665 g/mol. The minimum absolute atomic E-state index is 0.00207. The van der Waals surface area contributed by atoms with E-state index in [2.05, 4.69) is 0 Å². The molecule has 15 heteroatoms. The average Bonchev–Trinajstić information content (AvgIpc) is 3.03. The van der Waals surface area contributed by atoms with E-state index in [1.165, 1.54) is 54.6 Å². The topological polar surface area (TPSA) is 123 Å². The van der Waals surface area contributed by atoms with Crippen molar-refractivity contribution in [2.75, 3.05) is 31.3 Å². The summed E-state index contributed by atoms with van der Waals surface area (Å²) in [6, 6.07) is 14.1. The predicted octanol–water partition coefficient (Wildman–Crippen LogP) is 8.31. The lowest BCUT2D eigenvalue weighted by Gasteiger charge is -2.20. The van der Waals surface area contributed by atoms with Crippen LogP contribution in [0.2, 0.25) is 0 Å². The molecule has 0 fully saturated rings. The molecule has 0 atom stereocenters. The predicted molar refractivity (Wildman–Crippen MR) is 167 cm³/mol. The fraction of sp³-hybridized carbons (Fsp3) is 0.353. The summed E-state index contributed by atoms with van der Waals surface area (Å²) in [6.07, 6.45) is -6.16. The lowest BCUT2D eigenvalue weighted by atomic mass is 10.2. The van der Waals surface area contributed by atoms with E-state index in [0.717, 1.165) is 37.1 Å². The monoisotopic (exact) mass is 700 g/mol. The van der Waals surface area contributed by atoms with Crippen molar-refractivity contribution in [3.05, 3.63) is 89.5 Å². The molecule has 0 spiro atoms. The second kappa shape index (κ2) is 17.4. The smallest absolute Gasteiger partial charge is 0.453 e. The number of hydrogen-bond acceptors (Lipinski definition) is 8. The Bertz CT molecular complexity index is 1530. The lowest BCUT2D eigenvalue weighted by Crippen LogP contribution is -2.36. The number of hydrogen-bond donors (Lipinski definition) is 2. The number of unbranched alkanes of at least 4 members (excludes halogenated alkanes) is 3. The summed E-state index contributed by atoms with van der Waals surface area (Å²) in [7, 11) is 0. The molecule has 3 rings (SSSR count). The van der Waals surface area contributed by atoms with Crippen molar-refractivity contribution in [1.82, 2.24) is 0 Å². The Balaban J connectivity index is 1.32. The Kier molecular flexibility index (Phi) is 13.7. The second-order valence-electron chi connectivity index (χ2n) is 10.8. The number of ether oxygens (including phenoxy) is 4. The van der Waals surface area contributed by atoms with Gasteiger partial charge in [-0.15, -0.1) is 0 Å². The number of anilines is 2. The van der Waals surface area contributed by atoms with Gasteiger partial charge in [-0.05, 0) is 98.3 Å². The van der Waals surface area contributed by atoms with E-state index >= 15 is 0 Å².